The van der Waals surface area contributed by atoms with Crippen LogP contribution in [0.1, 0.15) is 44.1 Å². The van der Waals surface area contributed by atoms with E-state index in [2.05, 4.69) is 41.9 Å². The summed E-state index contributed by atoms with van der Waals surface area (Å²) in [6.07, 6.45) is 2.94. The number of aliphatic carboxylic acids is 2. The third kappa shape index (κ3) is 12.8. The van der Waals surface area contributed by atoms with Crippen molar-refractivity contribution in [3.63, 3.8) is 0 Å². The number of nitrogens with zero attached hydrogens (tertiary/aromatic N) is 1. The molecule has 1 aliphatic rings. The van der Waals surface area contributed by atoms with Gasteiger partial charge in [0.25, 0.3) is 0 Å². The number of carboxylic acid groups (broad SMARTS) is 2. The van der Waals surface area contributed by atoms with E-state index in [0.717, 1.165) is 23.7 Å². The summed E-state index contributed by atoms with van der Waals surface area (Å²) in [6, 6.07) is 0.670. The van der Waals surface area contributed by atoms with E-state index in [0.29, 0.717) is 18.5 Å². The van der Waals surface area contributed by atoms with E-state index < -0.39 is 91.3 Å². The Morgan fingerprint density at radius 1 is 0.885 bits per heavy atom. The van der Waals surface area contributed by atoms with Crippen LogP contribution < -0.4 is 43.4 Å². The van der Waals surface area contributed by atoms with Crippen LogP contribution in [0.3, 0.4) is 0 Å². The van der Waals surface area contributed by atoms with Crippen LogP contribution in [0, 0.1) is 0 Å². The van der Waals surface area contributed by atoms with Gasteiger partial charge in [-0.25, -0.2) is 4.79 Å². The monoisotopic (exact) mass is 730 g/mol. The van der Waals surface area contributed by atoms with Crippen LogP contribution in [0.15, 0.2) is 35.5 Å². The van der Waals surface area contributed by atoms with Gasteiger partial charge < -0.3 is 63.7 Å². The molecule has 14 N–H and O–H groups in total. The Labute approximate surface area is 297 Å². The van der Waals surface area contributed by atoms with Crippen molar-refractivity contribution < 1.29 is 48.9 Å². The van der Waals surface area contributed by atoms with Gasteiger partial charge in [-0.2, -0.15) is 0 Å². The van der Waals surface area contributed by atoms with Crippen LogP contribution in [0.4, 0.5) is 0 Å². The van der Waals surface area contributed by atoms with Gasteiger partial charge >= 0.3 is 11.9 Å². The third-order valence-corrected chi connectivity index (χ3v) is 8.19. The number of aromatic nitrogens is 1. The Morgan fingerprint density at radius 3 is 2.25 bits per heavy atom. The second kappa shape index (κ2) is 20.2. The number of nitrogens with one attached hydrogen (secondary N) is 7. The molecule has 20 heteroatoms. The lowest BCUT2D eigenvalue weighted by atomic mass is 10.0. The number of amides is 5. The number of aromatic amines is 1. The molecule has 1 fully saturated rings. The summed E-state index contributed by atoms with van der Waals surface area (Å²) in [4.78, 5) is 95.1. The fourth-order valence-corrected chi connectivity index (χ4v) is 5.50. The number of hydrogen-bond donors (Lipinski definition) is 12. The highest BCUT2D eigenvalue weighted by Gasteiger charge is 2.31. The molecule has 284 valence electrons. The van der Waals surface area contributed by atoms with Crippen molar-refractivity contribution in [1.29, 1.82) is 0 Å². The lowest BCUT2D eigenvalue weighted by Crippen LogP contribution is -2.58. The summed E-state index contributed by atoms with van der Waals surface area (Å²) < 4.78 is 0. The normalized spacial score (nSPS) is 16.3. The maximum absolute atomic E-state index is 13.2. The van der Waals surface area contributed by atoms with Crippen molar-refractivity contribution in [3.8, 4) is 0 Å². The van der Waals surface area contributed by atoms with Gasteiger partial charge in [0.2, 0.25) is 29.5 Å². The topological polar surface area (TPSA) is 333 Å². The molecule has 0 saturated carbocycles. The molecule has 1 aromatic heterocycles. The van der Waals surface area contributed by atoms with E-state index in [1.54, 1.807) is 30.5 Å². The average molecular weight is 731 g/mol. The van der Waals surface area contributed by atoms with Crippen molar-refractivity contribution in [2.45, 2.75) is 75.2 Å². The molecule has 1 aromatic carbocycles. The van der Waals surface area contributed by atoms with Crippen molar-refractivity contribution in [1.82, 2.24) is 36.9 Å². The maximum Gasteiger partial charge on any atom is 0.326 e. The lowest BCUT2D eigenvalue weighted by Gasteiger charge is -2.26. The molecule has 0 radical (unpaired) electrons. The van der Waals surface area contributed by atoms with Gasteiger partial charge in [0, 0.05) is 30.1 Å². The highest BCUT2D eigenvalue weighted by Crippen LogP contribution is 2.19. The quantitative estimate of drug-likeness (QED) is 0.0358. The fraction of sp³-hybridized carbons (Fsp3) is 0.500. The van der Waals surface area contributed by atoms with E-state index in [4.69, 9.17) is 11.5 Å². The minimum atomic E-state index is -1.71. The van der Waals surface area contributed by atoms with E-state index in [1.807, 2.05) is 0 Å². The van der Waals surface area contributed by atoms with Gasteiger partial charge in [0.05, 0.1) is 25.6 Å². The lowest BCUT2D eigenvalue weighted by molar-refractivity contribution is -0.143. The Kier molecular flexibility index (Phi) is 15.8. The van der Waals surface area contributed by atoms with Crippen LogP contribution >= 0.6 is 0 Å². The second-order valence-corrected chi connectivity index (χ2v) is 12.2. The van der Waals surface area contributed by atoms with Gasteiger partial charge in [-0.3, -0.25) is 33.8 Å². The number of aliphatic hydroxyl groups is 1. The van der Waals surface area contributed by atoms with Gasteiger partial charge in [0.1, 0.15) is 24.2 Å². The summed E-state index contributed by atoms with van der Waals surface area (Å²) >= 11 is 0. The largest absolute Gasteiger partial charge is 0.481 e. The number of carbonyl (C=O) groups is 7. The summed E-state index contributed by atoms with van der Waals surface area (Å²) in [6.45, 7) is -0.837. The first-order chi connectivity index (χ1) is 24.8. The van der Waals surface area contributed by atoms with Crippen LogP contribution in [0.25, 0.3) is 10.9 Å². The zero-order valence-corrected chi connectivity index (χ0v) is 28.4. The van der Waals surface area contributed by atoms with Gasteiger partial charge in [-0.05, 0) is 43.9 Å². The number of aliphatic imine (C=N–C) groups is 1. The molecule has 3 rings (SSSR count). The standard InChI is InChI=1S/C32H46N10O10/c33-32(34)36-11-5-9-21(40-30(50)24(16-43)42-28(48)20-8-3-4-10-35-20)27(47)38-15-25(44)39-22(13-26(45)46)29(49)41-23(31(51)52)12-17-14-37-19-7-2-1-6-18(17)19/h1-2,6-7,14,20-24,35,37,43H,3-5,8-13,15-16H2,(H,38,47)(H,39,44)(H,40,50)(H,41,49)(H,42,48)(H,45,46)(H,51,52)(H4,33,34,36)/t20-,21-,22-,23-,24-/m0/s1. The van der Waals surface area contributed by atoms with Crippen LogP contribution in [0.5, 0.6) is 0 Å². The molecule has 2 aromatic rings. The predicted octanol–water partition coefficient (Wildman–Crippen LogP) is -3.49. The average Bonchev–Trinajstić information content (AvgIpc) is 3.52. The molecular formula is C32H46N10O10. The Morgan fingerprint density at radius 2 is 1.60 bits per heavy atom. The number of para-hydroxylation sites is 1. The number of aliphatic hydroxyl groups excluding tert-OH is 1. The highest BCUT2D eigenvalue weighted by molar-refractivity contribution is 5.96. The van der Waals surface area contributed by atoms with Crippen LogP contribution in [-0.4, -0.2) is 124 Å². The smallest absolute Gasteiger partial charge is 0.326 e. The van der Waals surface area contributed by atoms with Crippen molar-refractivity contribution >= 4 is 58.3 Å². The maximum atomic E-state index is 13.2. The fourth-order valence-electron chi connectivity index (χ4n) is 5.50. The molecule has 0 aliphatic carbocycles. The number of benzene rings is 1. The van der Waals surface area contributed by atoms with Crippen molar-refractivity contribution in [3.05, 3.63) is 36.0 Å². The molecule has 20 nitrogen and oxygen atoms in total. The number of H-pyrrole nitrogens is 1. The van der Waals surface area contributed by atoms with E-state index >= 15 is 0 Å². The van der Waals surface area contributed by atoms with Crippen molar-refractivity contribution in [2.75, 3.05) is 26.2 Å². The second-order valence-electron chi connectivity index (χ2n) is 12.2. The summed E-state index contributed by atoms with van der Waals surface area (Å²) in [7, 11) is 0. The molecule has 52 heavy (non-hydrogen) atoms. The van der Waals surface area contributed by atoms with E-state index in [-0.39, 0.29) is 31.8 Å². The molecule has 5 amide bonds. The number of hydrogen-bond acceptors (Lipinski definition) is 10. The summed E-state index contributed by atoms with van der Waals surface area (Å²) in [5.41, 5.74) is 12.0. The van der Waals surface area contributed by atoms with Crippen LogP contribution in [-0.2, 0) is 40.0 Å². The minimum absolute atomic E-state index is 0.0384. The molecule has 2 heterocycles. The van der Waals surface area contributed by atoms with Gasteiger partial charge in [0.15, 0.2) is 5.96 Å². The van der Waals surface area contributed by atoms with Gasteiger partial charge in [-0.15, -0.1) is 0 Å². The zero-order valence-electron chi connectivity index (χ0n) is 28.4. The molecule has 1 aliphatic heterocycles. The first-order valence-corrected chi connectivity index (χ1v) is 16.7. The summed E-state index contributed by atoms with van der Waals surface area (Å²) in [5, 5.41) is 44.4. The SMILES string of the molecule is NC(N)=NCCC[C@H](NC(=O)[C@H](CO)NC(=O)[C@@H]1CCCCN1)C(=O)NCC(=O)N[C@@H](CC(=O)O)C(=O)N[C@@H](Cc1c[nH]c2ccccc12)C(=O)O. The number of piperidine rings is 1. The molecule has 5 atom stereocenters. The number of guanidine groups is 1. The molecule has 0 bridgehead atoms. The number of carbonyl (C=O) groups excluding carboxylic acids is 5. The van der Waals surface area contributed by atoms with Crippen LogP contribution in [0.2, 0.25) is 0 Å². The number of carboxylic acids is 2. The Bertz CT molecular complexity index is 1620. The zero-order chi connectivity index (χ0) is 38.2. The molecule has 1 saturated heterocycles. The molecule has 0 unspecified atom stereocenters. The molecule has 0 spiro atoms. The first kappa shape index (κ1) is 40.7. The number of fused-ring (bicyclic) bond motifs is 1. The Balaban J connectivity index is 1.63. The van der Waals surface area contributed by atoms with E-state index in [1.165, 1.54) is 0 Å². The number of rotatable bonds is 20. The van der Waals surface area contributed by atoms with Crippen molar-refractivity contribution in [2.24, 2.45) is 16.5 Å². The van der Waals surface area contributed by atoms with Gasteiger partial charge in [-0.1, -0.05) is 24.6 Å². The molecular weight excluding hydrogens is 684 g/mol. The first-order valence-electron chi connectivity index (χ1n) is 16.7. The van der Waals surface area contributed by atoms with E-state index in [9.17, 15) is 48.9 Å². The minimum Gasteiger partial charge on any atom is -0.481 e. The number of nitrogens with two attached hydrogens (primary N) is 2. The summed E-state index contributed by atoms with van der Waals surface area (Å²) in [5.74, 6) is -7.38. The predicted molar refractivity (Wildman–Crippen MR) is 185 cm³/mol. The highest BCUT2D eigenvalue weighted by atomic mass is 16.4. The Hall–Kier alpha value is -5.76. The third-order valence-electron chi connectivity index (χ3n) is 8.19.